The topological polar surface area (TPSA) is 63.2 Å². The zero-order valence-corrected chi connectivity index (χ0v) is 14.8. The molecule has 0 amide bonds. The minimum absolute atomic E-state index is 0.0833. The van der Waals surface area contributed by atoms with Crippen molar-refractivity contribution in [1.82, 2.24) is 5.32 Å². The van der Waals surface area contributed by atoms with Gasteiger partial charge in [-0.25, -0.2) is 8.42 Å². The van der Waals surface area contributed by atoms with Crippen LogP contribution in [0.25, 0.3) is 0 Å². The highest BCUT2D eigenvalue weighted by Gasteiger charge is 2.09. The lowest BCUT2D eigenvalue weighted by molar-refractivity contribution is 0.0987. The molecule has 0 saturated heterocycles. The van der Waals surface area contributed by atoms with E-state index < -0.39 is 9.84 Å². The Balaban J connectivity index is 1.79. The van der Waals surface area contributed by atoms with Gasteiger partial charge in [-0.2, -0.15) is 0 Å². The summed E-state index contributed by atoms with van der Waals surface area (Å²) in [5.74, 6) is 0.0833. The normalized spacial score (nSPS) is 12.8. The van der Waals surface area contributed by atoms with Gasteiger partial charge in [0.15, 0.2) is 15.6 Å². The molecule has 1 unspecified atom stereocenters. The van der Waals surface area contributed by atoms with E-state index in [0.717, 1.165) is 18.4 Å². The van der Waals surface area contributed by atoms with Gasteiger partial charge in [0.2, 0.25) is 0 Å². The molecule has 24 heavy (non-hydrogen) atoms. The molecule has 0 aliphatic rings. The van der Waals surface area contributed by atoms with Gasteiger partial charge < -0.3 is 5.32 Å². The van der Waals surface area contributed by atoms with E-state index in [-0.39, 0.29) is 11.8 Å². The molecular formula is C19H23NO3S. The van der Waals surface area contributed by atoms with E-state index in [2.05, 4.69) is 5.32 Å². The number of ketones is 1. The highest BCUT2D eigenvalue weighted by molar-refractivity contribution is 7.90. The molecule has 0 aliphatic heterocycles. The van der Waals surface area contributed by atoms with Crippen LogP contribution < -0.4 is 5.32 Å². The lowest BCUT2D eigenvalue weighted by Crippen LogP contribution is -2.31. The molecule has 0 saturated carbocycles. The van der Waals surface area contributed by atoms with Crippen molar-refractivity contribution in [2.75, 3.05) is 12.8 Å². The summed E-state index contributed by atoms with van der Waals surface area (Å²) in [5.41, 5.74) is 1.80. The van der Waals surface area contributed by atoms with Crippen molar-refractivity contribution in [3.05, 3.63) is 65.7 Å². The summed E-state index contributed by atoms with van der Waals surface area (Å²) in [5, 5.41) is 3.24. The van der Waals surface area contributed by atoms with Crippen LogP contribution in [0.15, 0.2) is 59.5 Å². The lowest BCUT2D eigenvalue weighted by atomic mass is 10.1. The number of Topliss-reactive ketones (excluding diaryl/α,β-unsaturated/α-hetero) is 1. The molecule has 0 bridgehead atoms. The number of benzene rings is 2. The van der Waals surface area contributed by atoms with Gasteiger partial charge in [-0.3, -0.25) is 4.79 Å². The molecule has 0 fully saturated rings. The van der Waals surface area contributed by atoms with Crippen molar-refractivity contribution in [3.63, 3.8) is 0 Å². The number of hydrogen-bond acceptors (Lipinski definition) is 4. The fraction of sp³-hybridized carbons (Fsp3) is 0.316. The number of hydrogen-bond donors (Lipinski definition) is 1. The first kappa shape index (κ1) is 18.4. The Morgan fingerprint density at radius 2 is 1.67 bits per heavy atom. The molecule has 2 rings (SSSR count). The van der Waals surface area contributed by atoms with Crippen LogP contribution >= 0.6 is 0 Å². The van der Waals surface area contributed by atoms with Crippen LogP contribution in [0.1, 0.15) is 29.3 Å². The average Bonchev–Trinajstić information content (AvgIpc) is 2.58. The van der Waals surface area contributed by atoms with Crippen LogP contribution in [-0.4, -0.2) is 33.0 Å². The van der Waals surface area contributed by atoms with Crippen LogP contribution in [0.5, 0.6) is 0 Å². The Hall–Kier alpha value is -1.98. The van der Waals surface area contributed by atoms with Crippen LogP contribution in [0.2, 0.25) is 0 Å². The van der Waals surface area contributed by atoms with Gasteiger partial charge in [0.1, 0.15) is 0 Å². The Labute approximate surface area is 143 Å². The van der Waals surface area contributed by atoms with Crippen molar-refractivity contribution < 1.29 is 13.2 Å². The molecule has 0 spiro atoms. The summed E-state index contributed by atoms with van der Waals surface area (Å²) in [6, 6.07) is 16.4. The second-order valence-corrected chi connectivity index (χ2v) is 8.04. The summed E-state index contributed by atoms with van der Waals surface area (Å²) in [4.78, 5) is 12.4. The molecule has 5 heteroatoms. The Bertz CT molecular complexity index is 768. The fourth-order valence-corrected chi connectivity index (χ4v) is 3.01. The second-order valence-electron chi connectivity index (χ2n) is 6.03. The van der Waals surface area contributed by atoms with Gasteiger partial charge in [-0.1, -0.05) is 42.5 Å². The molecule has 1 atom stereocenters. The van der Waals surface area contributed by atoms with Gasteiger partial charge in [0.25, 0.3) is 0 Å². The number of carbonyl (C=O) groups excluding carboxylic acids is 1. The van der Waals surface area contributed by atoms with Crippen molar-refractivity contribution in [3.8, 4) is 0 Å². The first-order valence-corrected chi connectivity index (χ1v) is 9.86. The Morgan fingerprint density at radius 3 is 2.25 bits per heavy atom. The summed E-state index contributed by atoms with van der Waals surface area (Å²) in [7, 11) is -3.15. The first-order chi connectivity index (χ1) is 11.4. The van der Waals surface area contributed by atoms with Crippen LogP contribution in [0.3, 0.4) is 0 Å². The summed E-state index contributed by atoms with van der Waals surface area (Å²) in [6.07, 6.45) is 2.91. The third kappa shape index (κ3) is 5.58. The minimum Gasteiger partial charge on any atom is -0.307 e. The summed E-state index contributed by atoms with van der Waals surface area (Å²) < 4.78 is 22.9. The van der Waals surface area contributed by atoms with E-state index in [9.17, 15) is 13.2 Å². The molecular weight excluding hydrogens is 322 g/mol. The average molecular weight is 345 g/mol. The largest absolute Gasteiger partial charge is 0.307 e. The quantitative estimate of drug-likeness (QED) is 0.747. The van der Waals surface area contributed by atoms with Crippen molar-refractivity contribution >= 4 is 15.6 Å². The first-order valence-electron chi connectivity index (χ1n) is 7.97. The van der Waals surface area contributed by atoms with E-state index in [0.29, 0.717) is 17.0 Å². The smallest absolute Gasteiger partial charge is 0.176 e. The van der Waals surface area contributed by atoms with Crippen molar-refractivity contribution in [1.29, 1.82) is 0 Å². The SMILES string of the molecule is CC(CCc1ccc(S(C)(=O)=O)cc1)NCC(=O)c1ccccc1. The third-order valence-electron chi connectivity index (χ3n) is 3.92. The Kier molecular flexibility index (Phi) is 6.29. The molecule has 4 nitrogen and oxygen atoms in total. The number of aryl methyl sites for hydroxylation is 1. The predicted molar refractivity (Wildman–Crippen MR) is 96.1 cm³/mol. The second kappa shape index (κ2) is 8.22. The van der Waals surface area contributed by atoms with E-state index in [1.165, 1.54) is 6.26 Å². The summed E-state index contributed by atoms with van der Waals surface area (Å²) >= 11 is 0. The third-order valence-corrected chi connectivity index (χ3v) is 5.05. The molecule has 0 radical (unpaired) electrons. The van der Waals surface area contributed by atoms with Gasteiger partial charge in [-0.15, -0.1) is 0 Å². The van der Waals surface area contributed by atoms with Gasteiger partial charge in [0.05, 0.1) is 11.4 Å². The molecule has 1 N–H and O–H groups in total. The maximum Gasteiger partial charge on any atom is 0.176 e. The lowest BCUT2D eigenvalue weighted by Gasteiger charge is -2.13. The number of sulfone groups is 1. The van der Waals surface area contributed by atoms with Gasteiger partial charge >= 0.3 is 0 Å². The number of rotatable bonds is 8. The monoisotopic (exact) mass is 345 g/mol. The van der Waals surface area contributed by atoms with Gasteiger partial charge in [-0.05, 0) is 37.5 Å². The molecule has 2 aromatic carbocycles. The predicted octanol–water partition coefficient (Wildman–Crippen LogP) is 2.88. The molecule has 2 aromatic rings. The molecule has 0 heterocycles. The van der Waals surface area contributed by atoms with Crippen LogP contribution in [-0.2, 0) is 16.3 Å². The highest BCUT2D eigenvalue weighted by atomic mass is 32.2. The zero-order chi connectivity index (χ0) is 17.6. The number of carbonyl (C=O) groups is 1. The maximum absolute atomic E-state index is 12.0. The number of nitrogens with one attached hydrogen (secondary N) is 1. The van der Waals surface area contributed by atoms with E-state index in [4.69, 9.17) is 0 Å². The molecule has 0 aliphatic carbocycles. The van der Waals surface area contributed by atoms with Crippen LogP contribution in [0.4, 0.5) is 0 Å². The van der Waals surface area contributed by atoms with E-state index >= 15 is 0 Å². The van der Waals surface area contributed by atoms with Crippen molar-refractivity contribution in [2.24, 2.45) is 0 Å². The Morgan fingerprint density at radius 1 is 1.04 bits per heavy atom. The van der Waals surface area contributed by atoms with Gasteiger partial charge in [0, 0.05) is 17.9 Å². The molecule has 128 valence electrons. The minimum atomic E-state index is -3.15. The fourth-order valence-electron chi connectivity index (χ4n) is 2.38. The van der Waals surface area contributed by atoms with E-state index in [1.54, 1.807) is 12.1 Å². The standard InChI is InChI=1S/C19H23NO3S/c1-15(20-14-19(21)17-6-4-3-5-7-17)8-9-16-10-12-18(13-11-16)24(2,22)23/h3-7,10-13,15,20H,8-9,14H2,1-2H3. The highest BCUT2D eigenvalue weighted by Crippen LogP contribution is 2.12. The summed E-state index contributed by atoms with van der Waals surface area (Å²) in [6.45, 7) is 2.36. The van der Waals surface area contributed by atoms with E-state index in [1.807, 2.05) is 49.4 Å². The maximum atomic E-state index is 12.0. The molecule has 0 aromatic heterocycles. The van der Waals surface area contributed by atoms with Crippen LogP contribution in [0, 0.1) is 0 Å². The van der Waals surface area contributed by atoms with Crippen molar-refractivity contribution in [2.45, 2.75) is 30.7 Å². The zero-order valence-electron chi connectivity index (χ0n) is 14.0.